The van der Waals surface area contributed by atoms with Crippen molar-refractivity contribution in [2.75, 3.05) is 18.8 Å². The second-order valence-electron chi connectivity index (χ2n) is 5.34. The van der Waals surface area contributed by atoms with Gasteiger partial charge < -0.3 is 14.4 Å². The normalized spacial score (nSPS) is 20.4. The Hall–Kier alpha value is -0.910. The first kappa shape index (κ1) is 15.1. The van der Waals surface area contributed by atoms with E-state index in [1.807, 2.05) is 20.8 Å². The average molecular weight is 275 g/mol. The van der Waals surface area contributed by atoms with Crippen LogP contribution in [0.3, 0.4) is 0 Å². The number of carbonyl (C=O) groups is 2. The minimum atomic E-state index is -0.508. The smallest absolute Gasteiger partial charge is 0.410 e. The van der Waals surface area contributed by atoms with E-state index >= 15 is 0 Å². The van der Waals surface area contributed by atoms with E-state index in [1.54, 1.807) is 4.90 Å². The molecule has 0 saturated carbocycles. The van der Waals surface area contributed by atoms with Gasteiger partial charge in [0.05, 0.1) is 12.3 Å². The Morgan fingerprint density at radius 1 is 1.39 bits per heavy atom. The number of amides is 1. The lowest BCUT2D eigenvalue weighted by Crippen LogP contribution is -2.46. The molecule has 0 aromatic heterocycles. The van der Waals surface area contributed by atoms with Crippen LogP contribution in [0, 0.1) is 0 Å². The number of carbonyl (C=O) groups excluding carboxylic acids is 2. The summed E-state index contributed by atoms with van der Waals surface area (Å²) in [6.45, 7) is 6.52. The fraction of sp³-hybridized carbons (Fsp3) is 0.833. The summed E-state index contributed by atoms with van der Waals surface area (Å²) in [6.07, 6.45) is 0.989. The number of hydrogen-bond donors (Lipinski definition) is 1. The van der Waals surface area contributed by atoms with Crippen LogP contribution in [-0.2, 0) is 14.3 Å². The first-order valence-electron chi connectivity index (χ1n) is 6.10. The molecule has 1 atom stereocenters. The van der Waals surface area contributed by atoms with Crippen molar-refractivity contribution in [2.45, 2.75) is 45.3 Å². The first-order valence-corrected chi connectivity index (χ1v) is 6.73. The quantitative estimate of drug-likeness (QED) is 0.617. The highest BCUT2D eigenvalue weighted by atomic mass is 32.1. The molecule has 0 aromatic rings. The predicted octanol–water partition coefficient (Wildman–Crippen LogP) is 1.86. The number of hydrogen-bond acceptors (Lipinski definition) is 5. The van der Waals surface area contributed by atoms with Crippen molar-refractivity contribution in [3.05, 3.63) is 0 Å². The van der Waals surface area contributed by atoms with Crippen LogP contribution >= 0.6 is 12.6 Å². The van der Waals surface area contributed by atoms with Crippen molar-refractivity contribution in [1.29, 1.82) is 0 Å². The number of thiol groups is 1. The third-order valence-corrected chi connectivity index (χ3v) is 2.72. The maximum absolute atomic E-state index is 11.9. The molecule has 0 N–H and O–H groups in total. The van der Waals surface area contributed by atoms with Gasteiger partial charge in [0.15, 0.2) is 0 Å². The molecule has 1 saturated heterocycles. The van der Waals surface area contributed by atoms with E-state index in [2.05, 4.69) is 12.6 Å². The highest BCUT2D eigenvalue weighted by Crippen LogP contribution is 2.17. The lowest BCUT2D eigenvalue weighted by atomic mass is 10.1. The summed E-state index contributed by atoms with van der Waals surface area (Å²) < 4.78 is 10.5. The average Bonchev–Trinajstić information content (AvgIpc) is 2.27. The molecular weight excluding hydrogens is 254 g/mol. The summed E-state index contributed by atoms with van der Waals surface area (Å²) >= 11 is 3.85. The number of esters is 1. The van der Waals surface area contributed by atoms with Crippen molar-refractivity contribution < 1.29 is 19.1 Å². The molecule has 1 amide bonds. The van der Waals surface area contributed by atoms with Crippen molar-refractivity contribution in [2.24, 2.45) is 0 Å². The van der Waals surface area contributed by atoms with E-state index in [4.69, 9.17) is 9.47 Å². The molecule has 1 aliphatic heterocycles. The molecule has 0 bridgehead atoms. The summed E-state index contributed by atoms with van der Waals surface area (Å²) in [5.41, 5.74) is -0.508. The van der Waals surface area contributed by atoms with E-state index in [0.717, 1.165) is 12.8 Å². The lowest BCUT2D eigenvalue weighted by Gasteiger charge is -2.33. The Morgan fingerprint density at radius 2 is 2.06 bits per heavy atom. The van der Waals surface area contributed by atoms with E-state index in [0.29, 0.717) is 13.1 Å². The third-order valence-electron chi connectivity index (χ3n) is 2.46. The summed E-state index contributed by atoms with van der Waals surface area (Å²) in [5, 5.41) is 0. The third kappa shape index (κ3) is 5.16. The van der Waals surface area contributed by atoms with Gasteiger partial charge in [-0.3, -0.25) is 4.79 Å². The Morgan fingerprint density at radius 3 is 2.61 bits per heavy atom. The zero-order valence-corrected chi connectivity index (χ0v) is 12.0. The van der Waals surface area contributed by atoms with Gasteiger partial charge in [-0.15, -0.1) is 0 Å². The van der Waals surface area contributed by atoms with Gasteiger partial charge in [0.1, 0.15) is 11.7 Å². The van der Waals surface area contributed by atoms with Crippen molar-refractivity contribution in [3.63, 3.8) is 0 Å². The molecule has 0 radical (unpaired) electrons. The maximum Gasteiger partial charge on any atom is 0.410 e. The summed E-state index contributed by atoms with van der Waals surface area (Å²) in [4.78, 5) is 24.6. The number of rotatable bonds is 2. The lowest BCUT2D eigenvalue weighted by molar-refractivity contribution is -0.148. The van der Waals surface area contributed by atoms with E-state index in [9.17, 15) is 9.59 Å². The monoisotopic (exact) mass is 275 g/mol. The highest BCUT2D eigenvalue weighted by molar-refractivity contribution is 7.81. The topological polar surface area (TPSA) is 55.8 Å². The van der Waals surface area contributed by atoms with Crippen molar-refractivity contribution in [1.82, 2.24) is 4.90 Å². The molecule has 6 heteroatoms. The van der Waals surface area contributed by atoms with Crippen LogP contribution in [0.2, 0.25) is 0 Å². The molecule has 0 unspecified atom stereocenters. The standard InChI is InChI=1S/C12H21NO4S/c1-12(2,3)17-11(15)13-6-4-5-9(7-13)16-10(14)8-18/h9,18H,4-8H2,1-3H3/t9-/m0/s1. The second-order valence-corrected chi connectivity index (χ2v) is 5.65. The molecule has 1 aliphatic rings. The minimum Gasteiger partial charge on any atom is -0.460 e. The second kappa shape index (κ2) is 6.31. The van der Waals surface area contributed by atoms with Gasteiger partial charge in [0, 0.05) is 6.54 Å². The van der Waals surface area contributed by atoms with Crippen LogP contribution in [0.1, 0.15) is 33.6 Å². The number of piperidine rings is 1. The van der Waals surface area contributed by atoms with Crippen LogP contribution in [0.5, 0.6) is 0 Å². The van der Waals surface area contributed by atoms with Crippen molar-refractivity contribution >= 4 is 24.7 Å². The molecule has 1 fully saturated rings. The van der Waals surface area contributed by atoms with E-state index < -0.39 is 5.60 Å². The van der Waals surface area contributed by atoms with Crippen LogP contribution in [0.15, 0.2) is 0 Å². The summed E-state index contributed by atoms with van der Waals surface area (Å²) in [6, 6.07) is 0. The maximum atomic E-state index is 11.9. The van der Waals surface area contributed by atoms with Gasteiger partial charge >= 0.3 is 12.1 Å². The summed E-state index contributed by atoms with van der Waals surface area (Å²) in [7, 11) is 0. The van der Waals surface area contributed by atoms with E-state index in [1.165, 1.54) is 0 Å². The largest absolute Gasteiger partial charge is 0.460 e. The molecule has 5 nitrogen and oxygen atoms in total. The highest BCUT2D eigenvalue weighted by Gasteiger charge is 2.29. The Kier molecular flexibility index (Phi) is 5.31. The summed E-state index contributed by atoms with van der Waals surface area (Å²) in [5.74, 6) is -0.294. The molecule has 0 aromatic carbocycles. The molecule has 104 valence electrons. The zero-order valence-electron chi connectivity index (χ0n) is 11.1. The molecule has 1 rings (SSSR count). The first-order chi connectivity index (χ1) is 8.31. The fourth-order valence-electron chi connectivity index (χ4n) is 1.75. The molecule has 0 spiro atoms. The van der Waals surface area contributed by atoms with Gasteiger partial charge in [-0.05, 0) is 33.6 Å². The number of ether oxygens (including phenoxy) is 2. The van der Waals surface area contributed by atoms with Crippen LogP contribution < -0.4 is 0 Å². The van der Waals surface area contributed by atoms with Gasteiger partial charge in [-0.2, -0.15) is 12.6 Å². The Labute approximate surface area is 113 Å². The zero-order chi connectivity index (χ0) is 13.8. The Balaban J connectivity index is 2.48. The Bertz CT molecular complexity index is 314. The molecule has 1 heterocycles. The minimum absolute atomic E-state index is 0.0585. The van der Waals surface area contributed by atoms with Gasteiger partial charge in [-0.25, -0.2) is 4.79 Å². The predicted molar refractivity (Wildman–Crippen MR) is 70.8 cm³/mol. The van der Waals surface area contributed by atoms with Crippen LogP contribution in [-0.4, -0.2) is 47.5 Å². The fourth-order valence-corrected chi connectivity index (χ4v) is 1.82. The number of likely N-dealkylation sites (tertiary alicyclic amines) is 1. The van der Waals surface area contributed by atoms with Crippen LogP contribution in [0.4, 0.5) is 4.79 Å². The van der Waals surface area contributed by atoms with Gasteiger partial charge in [-0.1, -0.05) is 0 Å². The van der Waals surface area contributed by atoms with Crippen molar-refractivity contribution in [3.8, 4) is 0 Å². The van der Waals surface area contributed by atoms with E-state index in [-0.39, 0.29) is 23.9 Å². The van der Waals surface area contributed by atoms with Crippen LogP contribution in [0.25, 0.3) is 0 Å². The number of nitrogens with zero attached hydrogens (tertiary/aromatic N) is 1. The van der Waals surface area contributed by atoms with Gasteiger partial charge in [0.25, 0.3) is 0 Å². The molecular formula is C12H21NO4S. The molecule has 0 aliphatic carbocycles. The van der Waals surface area contributed by atoms with Gasteiger partial charge in [0.2, 0.25) is 0 Å². The molecule has 18 heavy (non-hydrogen) atoms. The SMILES string of the molecule is CC(C)(C)OC(=O)N1CCC[C@H](OC(=O)CS)C1.